The second-order valence-corrected chi connectivity index (χ2v) is 3.78. The number of likely N-dealkylation sites (N-methyl/N-ethyl adjacent to an activating group) is 2. The van der Waals surface area contributed by atoms with E-state index in [4.69, 9.17) is 5.73 Å². The third-order valence-electron chi connectivity index (χ3n) is 2.45. The Morgan fingerprint density at radius 3 is 2.36 bits per heavy atom. The summed E-state index contributed by atoms with van der Waals surface area (Å²) in [5, 5.41) is 0. The largest absolute Gasteiger partial charge is 0.348 e. The zero-order valence-corrected chi connectivity index (χ0v) is 9.79. The quantitative estimate of drug-likeness (QED) is 0.665. The number of nitrogens with two attached hydrogens (primary N) is 1. The maximum absolute atomic E-state index is 11.5. The monoisotopic (exact) mass is 201 g/mol. The van der Waals surface area contributed by atoms with Gasteiger partial charge in [0.25, 0.3) is 0 Å². The maximum atomic E-state index is 11.5. The fourth-order valence-electron chi connectivity index (χ4n) is 1.32. The number of amides is 1. The molecule has 0 saturated carbocycles. The first-order valence-electron chi connectivity index (χ1n) is 5.17. The van der Waals surface area contributed by atoms with Crippen molar-refractivity contribution >= 4 is 5.91 Å². The molecule has 0 aliphatic rings. The van der Waals surface area contributed by atoms with Crippen LogP contribution in [0.25, 0.3) is 0 Å². The minimum absolute atomic E-state index is 0.149. The van der Waals surface area contributed by atoms with Gasteiger partial charge in [-0.1, -0.05) is 6.92 Å². The highest BCUT2D eigenvalue weighted by atomic mass is 16.2. The molecule has 0 aromatic heterocycles. The number of carbonyl (C=O) groups excluding carboxylic acids is 1. The molecule has 0 bridgehead atoms. The van der Waals surface area contributed by atoms with E-state index >= 15 is 0 Å². The highest BCUT2D eigenvalue weighted by Crippen LogP contribution is 2.02. The third-order valence-corrected chi connectivity index (χ3v) is 2.45. The Morgan fingerprint density at radius 1 is 1.43 bits per heavy atom. The topological polar surface area (TPSA) is 49.6 Å². The molecule has 0 radical (unpaired) electrons. The van der Waals surface area contributed by atoms with Gasteiger partial charge in [-0.25, -0.2) is 0 Å². The Hall–Kier alpha value is -0.610. The van der Waals surface area contributed by atoms with E-state index < -0.39 is 0 Å². The molecule has 2 N–H and O–H groups in total. The second kappa shape index (κ2) is 6.79. The van der Waals surface area contributed by atoms with E-state index in [2.05, 4.69) is 18.7 Å². The van der Waals surface area contributed by atoms with E-state index in [-0.39, 0.29) is 5.91 Å². The molecule has 1 atom stereocenters. The Kier molecular flexibility index (Phi) is 6.49. The van der Waals surface area contributed by atoms with Crippen LogP contribution in [0.5, 0.6) is 0 Å². The zero-order chi connectivity index (χ0) is 11.1. The molecular weight excluding hydrogens is 178 g/mol. The van der Waals surface area contributed by atoms with Gasteiger partial charge in [-0.05, 0) is 26.4 Å². The molecule has 1 amide bonds. The predicted octanol–water partition coefficient (Wildman–Crippen LogP) is 0.134. The van der Waals surface area contributed by atoms with Crippen molar-refractivity contribution in [3.63, 3.8) is 0 Å². The van der Waals surface area contributed by atoms with Crippen LogP contribution in [0.15, 0.2) is 0 Å². The zero-order valence-electron chi connectivity index (χ0n) is 9.79. The van der Waals surface area contributed by atoms with Crippen molar-refractivity contribution in [1.29, 1.82) is 0 Å². The van der Waals surface area contributed by atoms with Crippen LogP contribution in [0.1, 0.15) is 20.3 Å². The lowest BCUT2D eigenvalue weighted by Gasteiger charge is -2.27. The molecule has 4 nitrogen and oxygen atoms in total. The molecule has 0 heterocycles. The number of nitrogens with zero attached hydrogens (tertiary/aromatic N) is 2. The van der Waals surface area contributed by atoms with E-state index in [0.29, 0.717) is 19.1 Å². The van der Waals surface area contributed by atoms with Gasteiger partial charge >= 0.3 is 0 Å². The van der Waals surface area contributed by atoms with Crippen LogP contribution in [0.4, 0.5) is 0 Å². The van der Waals surface area contributed by atoms with Crippen LogP contribution in [0.2, 0.25) is 0 Å². The molecule has 0 aliphatic heterocycles. The fraction of sp³-hybridized carbons (Fsp3) is 0.900. The first-order chi connectivity index (χ1) is 6.52. The minimum atomic E-state index is 0.149. The summed E-state index contributed by atoms with van der Waals surface area (Å²) in [7, 11) is 3.56. The van der Waals surface area contributed by atoms with Crippen LogP contribution in [0, 0.1) is 0 Å². The summed E-state index contributed by atoms with van der Waals surface area (Å²) in [6, 6.07) is 0.383. The van der Waals surface area contributed by atoms with Crippen LogP contribution in [-0.4, -0.2) is 55.5 Å². The lowest BCUT2D eigenvalue weighted by atomic mass is 10.2. The molecule has 0 aromatic rings. The van der Waals surface area contributed by atoms with Crippen molar-refractivity contribution in [1.82, 2.24) is 9.80 Å². The first kappa shape index (κ1) is 13.4. The molecule has 14 heavy (non-hydrogen) atoms. The van der Waals surface area contributed by atoms with Gasteiger partial charge in [0.05, 0.1) is 6.54 Å². The highest BCUT2D eigenvalue weighted by molar-refractivity contribution is 5.77. The van der Waals surface area contributed by atoms with Crippen LogP contribution in [-0.2, 0) is 4.79 Å². The van der Waals surface area contributed by atoms with Crippen molar-refractivity contribution in [3.8, 4) is 0 Å². The molecule has 84 valence electrons. The van der Waals surface area contributed by atoms with Gasteiger partial charge in [0, 0.05) is 20.1 Å². The van der Waals surface area contributed by atoms with Crippen molar-refractivity contribution in [2.24, 2.45) is 5.73 Å². The molecule has 0 aromatic carbocycles. The average molecular weight is 201 g/mol. The van der Waals surface area contributed by atoms with Gasteiger partial charge < -0.3 is 10.6 Å². The van der Waals surface area contributed by atoms with E-state index in [1.807, 2.05) is 0 Å². The lowest BCUT2D eigenvalue weighted by Crippen LogP contribution is -2.42. The summed E-state index contributed by atoms with van der Waals surface area (Å²) in [4.78, 5) is 15.2. The summed E-state index contributed by atoms with van der Waals surface area (Å²) >= 11 is 0. The van der Waals surface area contributed by atoms with Gasteiger partial charge in [0.15, 0.2) is 0 Å². The number of rotatable bonds is 6. The van der Waals surface area contributed by atoms with Crippen LogP contribution < -0.4 is 5.73 Å². The highest BCUT2D eigenvalue weighted by Gasteiger charge is 2.15. The summed E-state index contributed by atoms with van der Waals surface area (Å²) in [6.45, 7) is 6.23. The molecule has 0 aliphatic carbocycles. The molecular formula is C10H23N3O. The SMILES string of the molecule is CCN(CC(=O)N(C)C)C(C)CCN. The molecule has 1 unspecified atom stereocenters. The van der Waals surface area contributed by atoms with Crippen molar-refractivity contribution < 1.29 is 4.79 Å². The van der Waals surface area contributed by atoms with E-state index in [1.165, 1.54) is 0 Å². The maximum Gasteiger partial charge on any atom is 0.236 e. The van der Waals surface area contributed by atoms with Crippen molar-refractivity contribution in [3.05, 3.63) is 0 Å². The van der Waals surface area contributed by atoms with Gasteiger partial charge in [-0.2, -0.15) is 0 Å². The average Bonchev–Trinajstić information content (AvgIpc) is 2.13. The molecule has 0 rings (SSSR count). The summed E-state index contributed by atoms with van der Waals surface area (Å²) in [5.41, 5.74) is 5.49. The van der Waals surface area contributed by atoms with Gasteiger partial charge in [0.1, 0.15) is 0 Å². The van der Waals surface area contributed by atoms with Gasteiger partial charge in [-0.15, -0.1) is 0 Å². The van der Waals surface area contributed by atoms with E-state index in [9.17, 15) is 4.79 Å². The van der Waals surface area contributed by atoms with Crippen molar-refractivity contribution in [2.45, 2.75) is 26.3 Å². The van der Waals surface area contributed by atoms with Crippen molar-refractivity contribution in [2.75, 3.05) is 33.7 Å². The molecule has 0 saturated heterocycles. The van der Waals surface area contributed by atoms with E-state index in [1.54, 1.807) is 19.0 Å². The standard InChI is InChI=1S/C10H23N3O/c1-5-13(9(2)6-7-11)8-10(14)12(3)4/h9H,5-8,11H2,1-4H3. The summed E-state index contributed by atoms with van der Waals surface area (Å²) in [6.07, 6.45) is 0.939. The summed E-state index contributed by atoms with van der Waals surface area (Å²) < 4.78 is 0. The number of hydrogen-bond acceptors (Lipinski definition) is 3. The number of hydrogen-bond donors (Lipinski definition) is 1. The third kappa shape index (κ3) is 4.58. The van der Waals surface area contributed by atoms with Gasteiger partial charge in [0.2, 0.25) is 5.91 Å². The Bertz CT molecular complexity index is 171. The smallest absolute Gasteiger partial charge is 0.236 e. The van der Waals surface area contributed by atoms with E-state index in [0.717, 1.165) is 13.0 Å². The van der Waals surface area contributed by atoms with Crippen LogP contribution in [0.3, 0.4) is 0 Å². The van der Waals surface area contributed by atoms with Gasteiger partial charge in [-0.3, -0.25) is 9.69 Å². The second-order valence-electron chi connectivity index (χ2n) is 3.78. The minimum Gasteiger partial charge on any atom is -0.348 e. The molecule has 0 spiro atoms. The first-order valence-corrected chi connectivity index (χ1v) is 5.17. The normalized spacial score (nSPS) is 13.0. The fourth-order valence-corrected chi connectivity index (χ4v) is 1.32. The molecule has 4 heteroatoms. The molecule has 0 fully saturated rings. The lowest BCUT2D eigenvalue weighted by molar-refractivity contribution is -0.130. The summed E-state index contributed by atoms with van der Waals surface area (Å²) in [5.74, 6) is 0.149. The van der Waals surface area contributed by atoms with Crippen LogP contribution >= 0.6 is 0 Å². The Labute approximate surface area is 87.0 Å². The number of carbonyl (C=O) groups is 1. The predicted molar refractivity (Wildman–Crippen MR) is 59.1 cm³/mol. The Morgan fingerprint density at radius 2 is 2.00 bits per heavy atom. The Balaban J connectivity index is 4.07.